The molecule has 1 atom stereocenters. The van der Waals surface area contributed by atoms with Gasteiger partial charge in [-0.2, -0.15) is 0 Å². The van der Waals surface area contributed by atoms with E-state index in [9.17, 15) is 9.59 Å². The molecular formula is C15H20Cl2N2O2. The summed E-state index contributed by atoms with van der Waals surface area (Å²) in [5.74, 6) is -0.365. The maximum absolute atomic E-state index is 12.4. The van der Waals surface area contributed by atoms with E-state index < -0.39 is 6.04 Å². The third-order valence-corrected chi connectivity index (χ3v) is 3.68. The van der Waals surface area contributed by atoms with E-state index in [1.165, 1.54) is 6.92 Å². The lowest BCUT2D eigenvalue weighted by Crippen LogP contribution is -2.49. The van der Waals surface area contributed by atoms with Crippen LogP contribution in [0.1, 0.15) is 26.3 Å². The van der Waals surface area contributed by atoms with Crippen LogP contribution in [0, 0.1) is 5.92 Å². The molecule has 0 unspecified atom stereocenters. The molecule has 0 aliphatic heterocycles. The van der Waals surface area contributed by atoms with Gasteiger partial charge in [-0.15, -0.1) is 0 Å². The Kier molecular flexibility index (Phi) is 6.49. The van der Waals surface area contributed by atoms with Crippen molar-refractivity contribution in [1.82, 2.24) is 10.2 Å². The largest absolute Gasteiger partial charge is 0.344 e. The summed E-state index contributed by atoms with van der Waals surface area (Å²) >= 11 is 12.0. The molecule has 116 valence electrons. The fourth-order valence-electron chi connectivity index (χ4n) is 1.95. The van der Waals surface area contributed by atoms with Crippen molar-refractivity contribution in [3.63, 3.8) is 0 Å². The van der Waals surface area contributed by atoms with Gasteiger partial charge in [0.1, 0.15) is 6.04 Å². The number of nitrogens with zero attached hydrogens (tertiary/aromatic N) is 1. The molecule has 2 amide bonds. The minimum Gasteiger partial charge on any atom is -0.344 e. The third-order valence-electron chi connectivity index (χ3n) is 3.09. The number of carbonyl (C=O) groups is 2. The van der Waals surface area contributed by atoms with Gasteiger partial charge >= 0.3 is 0 Å². The fraction of sp³-hybridized carbons (Fsp3) is 0.467. The second kappa shape index (κ2) is 7.66. The summed E-state index contributed by atoms with van der Waals surface area (Å²) in [5.41, 5.74) is 0.808. The van der Waals surface area contributed by atoms with Crippen molar-refractivity contribution in [2.24, 2.45) is 5.92 Å². The first-order valence-electron chi connectivity index (χ1n) is 6.68. The molecule has 0 fully saturated rings. The van der Waals surface area contributed by atoms with E-state index in [-0.39, 0.29) is 17.7 Å². The van der Waals surface area contributed by atoms with Crippen molar-refractivity contribution >= 4 is 35.0 Å². The van der Waals surface area contributed by atoms with Gasteiger partial charge in [0.25, 0.3) is 0 Å². The van der Waals surface area contributed by atoms with Crippen LogP contribution < -0.4 is 5.32 Å². The normalized spacial score (nSPS) is 12.1. The van der Waals surface area contributed by atoms with Crippen molar-refractivity contribution in [3.8, 4) is 0 Å². The highest BCUT2D eigenvalue weighted by atomic mass is 35.5. The van der Waals surface area contributed by atoms with Crippen LogP contribution in [0.2, 0.25) is 10.0 Å². The van der Waals surface area contributed by atoms with Gasteiger partial charge in [-0.25, -0.2) is 0 Å². The molecule has 4 nitrogen and oxygen atoms in total. The van der Waals surface area contributed by atoms with Crippen LogP contribution in [0.5, 0.6) is 0 Å². The minimum atomic E-state index is -0.543. The van der Waals surface area contributed by atoms with E-state index in [0.29, 0.717) is 16.6 Å². The molecule has 1 aromatic carbocycles. The number of hydrogen-bond donors (Lipinski definition) is 1. The maximum atomic E-state index is 12.4. The van der Waals surface area contributed by atoms with E-state index in [2.05, 4.69) is 5.32 Å². The quantitative estimate of drug-likeness (QED) is 0.901. The summed E-state index contributed by atoms with van der Waals surface area (Å²) in [6, 6.07) is 4.62. The summed E-state index contributed by atoms with van der Waals surface area (Å²) in [4.78, 5) is 25.2. The number of halogens is 2. The SMILES string of the molecule is CC(=O)N[C@@H](C(=O)N(C)Cc1ccc(Cl)cc1Cl)C(C)C. The predicted molar refractivity (Wildman–Crippen MR) is 85.4 cm³/mol. The number of benzene rings is 1. The average molecular weight is 331 g/mol. The maximum Gasteiger partial charge on any atom is 0.245 e. The Bertz CT molecular complexity index is 532. The van der Waals surface area contributed by atoms with Crippen LogP contribution >= 0.6 is 23.2 Å². The number of amides is 2. The van der Waals surface area contributed by atoms with Crippen LogP contribution in [-0.2, 0) is 16.1 Å². The topological polar surface area (TPSA) is 49.4 Å². The van der Waals surface area contributed by atoms with Crippen LogP contribution in [0.4, 0.5) is 0 Å². The highest BCUT2D eigenvalue weighted by Gasteiger charge is 2.26. The van der Waals surface area contributed by atoms with Gasteiger partial charge in [0.2, 0.25) is 11.8 Å². The van der Waals surface area contributed by atoms with E-state index in [0.717, 1.165) is 5.56 Å². The number of carbonyl (C=O) groups excluding carboxylic acids is 2. The molecule has 6 heteroatoms. The molecule has 1 rings (SSSR count). The van der Waals surface area contributed by atoms with Gasteiger partial charge in [0.15, 0.2) is 0 Å². The Morgan fingerprint density at radius 1 is 1.29 bits per heavy atom. The molecule has 1 aromatic rings. The van der Waals surface area contributed by atoms with Crippen LogP contribution in [0.25, 0.3) is 0 Å². The Morgan fingerprint density at radius 2 is 1.90 bits per heavy atom. The number of likely N-dealkylation sites (N-methyl/N-ethyl adjacent to an activating group) is 1. The molecule has 1 N–H and O–H groups in total. The molecule has 0 aromatic heterocycles. The highest BCUT2D eigenvalue weighted by molar-refractivity contribution is 6.35. The van der Waals surface area contributed by atoms with Gasteiger partial charge in [0.05, 0.1) is 0 Å². The predicted octanol–water partition coefficient (Wildman–Crippen LogP) is 3.11. The van der Waals surface area contributed by atoms with Crippen molar-refractivity contribution in [2.75, 3.05) is 7.05 Å². The molecule has 0 aliphatic carbocycles. The van der Waals surface area contributed by atoms with Crippen molar-refractivity contribution in [1.29, 1.82) is 0 Å². The Labute approximate surface area is 135 Å². The summed E-state index contributed by atoms with van der Waals surface area (Å²) in [5, 5.41) is 3.75. The summed E-state index contributed by atoms with van der Waals surface area (Å²) in [6.45, 7) is 5.54. The van der Waals surface area contributed by atoms with Crippen LogP contribution in [0.3, 0.4) is 0 Å². The number of nitrogens with one attached hydrogen (secondary N) is 1. The second-order valence-electron chi connectivity index (χ2n) is 5.35. The van der Waals surface area contributed by atoms with Crippen molar-refractivity contribution in [3.05, 3.63) is 33.8 Å². The standard InChI is InChI=1S/C15H20Cl2N2O2/c1-9(2)14(18-10(3)20)15(21)19(4)8-11-5-6-12(16)7-13(11)17/h5-7,9,14H,8H2,1-4H3,(H,18,20)/t14-/m1/s1. The van der Waals surface area contributed by atoms with E-state index in [4.69, 9.17) is 23.2 Å². The van der Waals surface area contributed by atoms with Crippen molar-refractivity contribution in [2.45, 2.75) is 33.4 Å². The Morgan fingerprint density at radius 3 is 2.38 bits per heavy atom. The van der Waals surface area contributed by atoms with Gasteiger partial charge in [-0.05, 0) is 23.6 Å². The van der Waals surface area contributed by atoms with Crippen molar-refractivity contribution < 1.29 is 9.59 Å². The monoisotopic (exact) mass is 330 g/mol. The lowest BCUT2D eigenvalue weighted by Gasteiger charge is -2.27. The average Bonchev–Trinajstić information content (AvgIpc) is 2.37. The molecule has 0 radical (unpaired) electrons. The zero-order valence-electron chi connectivity index (χ0n) is 12.6. The van der Waals surface area contributed by atoms with E-state index in [1.54, 1.807) is 30.1 Å². The van der Waals surface area contributed by atoms with E-state index >= 15 is 0 Å². The summed E-state index contributed by atoms with van der Waals surface area (Å²) < 4.78 is 0. The summed E-state index contributed by atoms with van der Waals surface area (Å²) in [6.07, 6.45) is 0. The lowest BCUT2D eigenvalue weighted by atomic mass is 10.0. The third kappa shape index (κ3) is 5.21. The lowest BCUT2D eigenvalue weighted by molar-refractivity contribution is -0.136. The smallest absolute Gasteiger partial charge is 0.245 e. The molecule has 0 aliphatic rings. The fourth-order valence-corrected chi connectivity index (χ4v) is 2.42. The number of hydrogen-bond acceptors (Lipinski definition) is 2. The molecule has 0 bridgehead atoms. The van der Waals surface area contributed by atoms with Gasteiger partial charge < -0.3 is 10.2 Å². The van der Waals surface area contributed by atoms with Gasteiger partial charge in [0, 0.05) is 30.6 Å². The first kappa shape index (κ1) is 17.8. The molecule has 0 spiro atoms. The zero-order valence-corrected chi connectivity index (χ0v) is 14.1. The second-order valence-corrected chi connectivity index (χ2v) is 6.20. The first-order valence-corrected chi connectivity index (χ1v) is 7.44. The Balaban J connectivity index is 2.83. The van der Waals surface area contributed by atoms with Crippen LogP contribution in [0.15, 0.2) is 18.2 Å². The molecule has 0 saturated carbocycles. The van der Waals surface area contributed by atoms with Gasteiger partial charge in [-0.1, -0.05) is 43.1 Å². The first-order chi connectivity index (χ1) is 9.72. The Hall–Kier alpha value is -1.26. The van der Waals surface area contributed by atoms with Gasteiger partial charge in [-0.3, -0.25) is 9.59 Å². The number of rotatable bonds is 5. The van der Waals surface area contributed by atoms with Crippen LogP contribution in [-0.4, -0.2) is 29.8 Å². The minimum absolute atomic E-state index is 0.00420. The highest BCUT2D eigenvalue weighted by Crippen LogP contribution is 2.22. The molecule has 21 heavy (non-hydrogen) atoms. The molecule has 0 saturated heterocycles. The molecule has 0 heterocycles. The zero-order chi connectivity index (χ0) is 16.2. The molecular weight excluding hydrogens is 311 g/mol. The van der Waals surface area contributed by atoms with E-state index in [1.807, 2.05) is 13.8 Å². The summed E-state index contributed by atoms with van der Waals surface area (Å²) in [7, 11) is 1.68.